The molecule has 72 valence electrons. The fourth-order valence-electron chi connectivity index (χ4n) is 1.09. The zero-order valence-electron chi connectivity index (χ0n) is 7.23. The topological polar surface area (TPSA) is 40.5 Å². The zero-order valence-corrected chi connectivity index (χ0v) is 8.81. The molecule has 0 heterocycles. The van der Waals surface area contributed by atoms with Gasteiger partial charge in [0.05, 0.1) is 12.2 Å². The summed E-state index contributed by atoms with van der Waals surface area (Å²) in [5.41, 5.74) is 1.04. The number of hydrogen-bond acceptors (Lipinski definition) is 2. The van der Waals surface area contributed by atoms with E-state index in [0.29, 0.717) is 11.8 Å². The van der Waals surface area contributed by atoms with Gasteiger partial charge in [-0.05, 0) is 5.56 Å². The first-order chi connectivity index (χ1) is 6.24. The number of benzene rings is 1. The predicted octanol–water partition coefficient (Wildman–Crippen LogP) is 1.35. The summed E-state index contributed by atoms with van der Waals surface area (Å²) in [5.74, 6) is 0. The summed E-state index contributed by atoms with van der Waals surface area (Å²) in [6.07, 6.45) is -0.893. The third-order valence-corrected chi connectivity index (χ3v) is 2.55. The molecule has 0 fully saturated rings. The molecule has 0 amide bonds. The second-order valence-electron chi connectivity index (χ2n) is 2.98. The molecule has 0 aliphatic carbocycles. The molecular weight excluding hydrogens is 232 g/mol. The van der Waals surface area contributed by atoms with Crippen LogP contribution in [0.25, 0.3) is 0 Å². The van der Waals surface area contributed by atoms with Crippen LogP contribution < -0.4 is 0 Å². The summed E-state index contributed by atoms with van der Waals surface area (Å²) >= 11 is 3.12. The lowest BCUT2D eigenvalue weighted by Crippen LogP contribution is -2.29. The summed E-state index contributed by atoms with van der Waals surface area (Å²) in [4.78, 5) is 0. The van der Waals surface area contributed by atoms with E-state index in [4.69, 9.17) is 0 Å². The number of hydrogen-bond donors (Lipinski definition) is 2. The lowest BCUT2D eigenvalue weighted by atomic mass is 10.1. The molecule has 0 unspecified atom stereocenters. The van der Waals surface area contributed by atoms with E-state index >= 15 is 0 Å². The fraction of sp³-hybridized carbons (Fsp3) is 0.400. The Balaban J connectivity index is 2.50. The second-order valence-corrected chi connectivity index (χ2v) is 3.63. The minimum atomic E-state index is -0.694. The Morgan fingerprint density at radius 1 is 1.08 bits per heavy atom. The van der Waals surface area contributed by atoms with Gasteiger partial charge in [-0.3, -0.25) is 0 Å². The van der Waals surface area contributed by atoms with Crippen LogP contribution in [0, 0.1) is 0 Å². The number of rotatable bonds is 4. The molecule has 0 radical (unpaired) electrons. The maximum absolute atomic E-state index is 9.49. The van der Waals surface area contributed by atoms with Crippen molar-refractivity contribution in [2.45, 2.75) is 18.6 Å². The molecule has 3 heteroatoms. The van der Waals surface area contributed by atoms with E-state index in [1.807, 2.05) is 30.3 Å². The SMILES string of the molecule is O[C@@H](CBr)[C@@H](O)Cc1ccccc1. The van der Waals surface area contributed by atoms with Crippen LogP contribution in [-0.2, 0) is 6.42 Å². The Bertz CT molecular complexity index is 238. The van der Waals surface area contributed by atoms with Gasteiger partial charge in [0.1, 0.15) is 0 Å². The molecule has 0 bridgehead atoms. The molecule has 1 aromatic carbocycles. The minimum Gasteiger partial charge on any atom is -0.390 e. The highest BCUT2D eigenvalue weighted by molar-refractivity contribution is 9.09. The van der Waals surface area contributed by atoms with Crippen molar-refractivity contribution in [3.8, 4) is 0 Å². The lowest BCUT2D eigenvalue weighted by molar-refractivity contribution is 0.0356. The lowest BCUT2D eigenvalue weighted by Gasteiger charge is -2.15. The molecule has 1 aromatic rings. The molecule has 0 spiro atoms. The first-order valence-corrected chi connectivity index (χ1v) is 5.32. The van der Waals surface area contributed by atoms with E-state index in [1.165, 1.54) is 0 Å². The van der Waals surface area contributed by atoms with Crippen LogP contribution in [-0.4, -0.2) is 27.8 Å². The summed E-state index contributed by atoms with van der Waals surface area (Å²) in [6.45, 7) is 0. The van der Waals surface area contributed by atoms with E-state index in [2.05, 4.69) is 15.9 Å². The summed E-state index contributed by atoms with van der Waals surface area (Å²) in [7, 11) is 0. The van der Waals surface area contributed by atoms with E-state index in [9.17, 15) is 10.2 Å². The number of aliphatic hydroxyl groups excluding tert-OH is 2. The minimum absolute atomic E-state index is 0.404. The normalized spacial score (nSPS) is 15.3. The Morgan fingerprint density at radius 2 is 1.69 bits per heavy atom. The van der Waals surface area contributed by atoms with Gasteiger partial charge in [-0.15, -0.1) is 0 Å². The fourth-order valence-corrected chi connectivity index (χ4v) is 1.53. The van der Waals surface area contributed by atoms with Crippen LogP contribution in [0.3, 0.4) is 0 Å². The average molecular weight is 245 g/mol. The number of aliphatic hydroxyl groups is 2. The van der Waals surface area contributed by atoms with Gasteiger partial charge in [0, 0.05) is 11.8 Å². The van der Waals surface area contributed by atoms with Crippen LogP contribution in [0.15, 0.2) is 30.3 Å². The highest BCUT2D eigenvalue weighted by atomic mass is 79.9. The smallest absolute Gasteiger partial charge is 0.0898 e. The van der Waals surface area contributed by atoms with Gasteiger partial charge < -0.3 is 10.2 Å². The molecule has 1 rings (SSSR count). The third kappa shape index (κ3) is 3.46. The van der Waals surface area contributed by atoms with Gasteiger partial charge in [-0.1, -0.05) is 46.3 Å². The predicted molar refractivity (Wildman–Crippen MR) is 56.0 cm³/mol. The Morgan fingerprint density at radius 3 is 2.23 bits per heavy atom. The summed E-state index contributed by atoms with van der Waals surface area (Å²) < 4.78 is 0. The van der Waals surface area contributed by atoms with E-state index in [1.54, 1.807) is 0 Å². The van der Waals surface area contributed by atoms with Gasteiger partial charge in [0.15, 0.2) is 0 Å². The van der Waals surface area contributed by atoms with Gasteiger partial charge in [0.2, 0.25) is 0 Å². The first kappa shape index (κ1) is 10.7. The molecule has 0 aromatic heterocycles. The molecule has 0 aliphatic rings. The first-order valence-electron chi connectivity index (χ1n) is 4.20. The average Bonchev–Trinajstić information content (AvgIpc) is 2.18. The van der Waals surface area contributed by atoms with E-state index < -0.39 is 12.2 Å². The van der Waals surface area contributed by atoms with Crippen molar-refractivity contribution in [2.75, 3.05) is 5.33 Å². The number of alkyl halides is 1. The van der Waals surface area contributed by atoms with Crippen molar-refractivity contribution in [1.82, 2.24) is 0 Å². The standard InChI is InChI=1S/C10H13BrO2/c11-7-10(13)9(12)6-8-4-2-1-3-5-8/h1-5,9-10,12-13H,6-7H2/t9-,10-/m0/s1. The monoisotopic (exact) mass is 244 g/mol. The highest BCUT2D eigenvalue weighted by Crippen LogP contribution is 2.07. The van der Waals surface area contributed by atoms with Crippen molar-refractivity contribution < 1.29 is 10.2 Å². The van der Waals surface area contributed by atoms with Crippen LogP contribution >= 0.6 is 15.9 Å². The molecule has 0 aliphatic heterocycles. The maximum atomic E-state index is 9.49. The van der Waals surface area contributed by atoms with Gasteiger partial charge in [-0.2, -0.15) is 0 Å². The Labute approximate surface area is 86.3 Å². The molecule has 13 heavy (non-hydrogen) atoms. The third-order valence-electron chi connectivity index (χ3n) is 1.89. The van der Waals surface area contributed by atoms with Crippen LogP contribution in [0.1, 0.15) is 5.56 Å². The second kappa shape index (κ2) is 5.37. The van der Waals surface area contributed by atoms with Crippen molar-refractivity contribution >= 4 is 15.9 Å². The summed E-state index contributed by atoms with van der Waals surface area (Å²) in [6, 6.07) is 9.64. The van der Waals surface area contributed by atoms with Crippen LogP contribution in [0.5, 0.6) is 0 Å². The van der Waals surface area contributed by atoms with E-state index in [-0.39, 0.29) is 0 Å². The van der Waals surface area contributed by atoms with Gasteiger partial charge in [-0.25, -0.2) is 0 Å². The van der Waals surface area contributed by atoms with Gasteiger partial charge in [0.25, 0.3) is 0 Å². The van der Waals surface area contributed by atoms with Crippen LogP contribution in [0.4, 0.5) is 0 Å². The van der Waals surface area contributed by atoms with Gasteiger partial charge >= 0.3 is 0 Å². The van der Waals surface area contributed by atoms with Crippen molar-refractivity contribution in [3.05, 3.63) is 35.9 Å². The summed E-state index contributed by atoms with van der Waals surface area (Å²) in [5, 5.41) is 19.2. The van der Waals surface area contributed by atoms with E-state index in [0.717, 1.165) is 5.56 Å². The molecular formula is C10H13BrO2. The van der Waals surface area contributed by atoms with Crippen molar-refractivity contribution in [1.29, 1.82) is 0 Å². The maximum Gasteiger partial charge on any atom is 0.0898 e. The van der Waals surface area contributed by atoms with Crippen LogP contribution in [0.2, 0.25) is 0 Å². The molecule has 0 saturated carbocycles. The Hall–Kier alpha value is -0.380. The largest absolute Gasteiger partial charge is 0.390 e. The molecule has 2 N–H and O–H groups in total. The zero-order chi connectivity index (χ0) is 9.68. The van der Waals surface area contributed by atoms with Crippen molar-refractivity contribution in [2.24, 2.45) is 0 Å². The Kier molecular flexibility index (Phi) is 4.42. The molecule has 2 nitrogen and oxygen atoms in total. The highest BCUT2D eigenvalue weighted by Gasteiger charge is 2.14. The molecule has 2 atom stereocenters. The molecule has 0 saturated heterocycles. The number of halogens is 1. The van der Waals surface area contributed by atoms with Crippen molar-refractivity contribution in [3.63, 3.8) is 0 Å². The quantitative estimate of drug-likeness (QED) is 0.786.